The first-order chi connectivity index (χ1) is 16.5. The molecule has 5 aromatic rings. The minimum Gasteiger partial charge on any atom is -0.496 e. The molecule has 4 aromatic carbocycles. The lowest BCUT2D eigenvalue weighted by Gasteiger charge is -2.17. The quantitative estimate of drug-likeness (QED) is 0.257. The molecule has 170 valence electrons. The Morgan fingerprint density at radius 3 is 2.06 bits per heavy atom. The molecule has 0 unspecified atom stereocenters. The fraction of sp³-hybridized carbons (Fsp3) is 0.0714. The zero-order chi connectivity index (χ0) is 23.7. The minimum atomic E-state index is -3.60. The number of hydrogen-bond donors (Lipinski definition) is 0. The van der Waals surface area contributed by atoms with Crippen molar-refractivity contribution in [3.05, 3.63) is 97.1 Å². The van der Waals surface area contributed by atoms with Crippen molar-refractivity contribution in [2.75, 3.05) is 14.2 Å². The molecule has 0 saturated carbocycles. The molecule has 0 aliphatic rings. The van der Waals surface area contributed by atoms with E-state index in [0.717, 1.165) is 21.6 Å². The lowest BCUT2D eigenvalue weighted by Crippen LogP contribution is -2.01. The Morgan fingerprint density at radius 2 is 1.38 bits per heavy atom. The number of hydrogen-bond acceptors (Lipinski definition) is 5. The van der Waals surface area contributed by atoms with E-state index in [-0.39, 0.29) is 9.79 Å². The Balaban J connectivity index is 1.62. The molecule has 4 nitrogen and oxygen atoms in total. The molecule has 0 N–H and O–H groups in total. The van der Waals surface area contributed by atoms with Crippen molar-refractivity contribution < 1.29 is 17.9 Å². The van der Waals surface area contributed by atoms with Gasteiger partial charge in [0.15, 0.2) is 0 Å². The van der Waals surface area contributed by atoms with Gasteiger partial charge in [0.1, 0.15) is 11.5 Å². The van der Waals surface area contributed by atoms with Gasteiger partial charge in [0.25, 0.3) is 0 Å². The molecule has 0 spiro atoms. The molecule has 0 aliphatic heterocycles. The van der Waals surface area contributed by atoms with Gasteiger partial charge in [-0.2, -0.15) is 0 Å². The third-order valence-electron chi connectivity index (χ3n) is 5.74. The molecule has 1 heterocycles. The van der Waals surface area contributed by atoms with Crippen molar-refractivity contribution in [2.24, 2.45) is 0 Å². The highest BCUT2D eigenvalue weighted by molar-refractivity contribution is 7.91. The van der Waals surface area contributed by atoms with E-state index in [4.69, 9.17) is 9.47 Å². The fourth-order valence-electron chi connectivity index (χ4n) is 4.07. The maximum atomic E-state index is 13.0. The van der Waals surface area contributed by atoms with E-state index in [2.05, 4.69) is 18.2 Å². The zero-order valence-electron chi connectivity index (χ0n) is 18.7. The SMILES string of the molecule is COc1ccc(-c2cc3ccccc3s2)c(OC)c1-c1ccc(S(=O)(=O)c2ccccc2)cc1. The minimum absolute atomic E-state index is 0.237. The second kappa shape index (κ2) is 8.97. The van der Waals surface area contributed by atoms with E-state index in [0.29, 0.717) is 11.5 Å². The van der Waals surface area contributed by atoms with Crippen molar-refractivity contribution in [3.8, 4) is 33.1 Å². The van der Waals surface area contributed by atoms with Gasteiger partial charge in [-0.15, -0.1) is 11.3 Å². The normalized spacial score (nSPS) is 11.5. The van der Waals surface area contributed by atoms with Crippen molar-refractivity contribution in [3.63, 3.8) is 0 Å². The molecule has 0 amide bonds. The number of fused-ring (bicyclic) bond motifs is 1. The Morgan fingerprint density at radius 1 is 0.706 bits per heavy atom. The van der Waals surface area contributed by atoms with Gasteiger partial charge in [0.05, 0.1) is 29.6 Å². The van der Waals surface area contributed by atoms with Crippen LogP contribution in [0.3, 0.4) is 0 Å². The van der Waals surface area contributed by atoms with Crippen molar-refractivity contribution >= 4 is 31.3 Å². The number of ether oxygens (including phenoxy) is 2. The average molecular weight is 487 g/mol. The van der Waals surface area contributed by atoms with Gasteiger partial charge in [-0.3, -0.25) is 0 Å². The Kier molecular flexibility index (Phi) is 5.86. The van der Waals surface area contributed by atoms with Crippen LogP contribution >= 0.6 is 11.3 Å². The molecular weight excluding hydrogens is 464 g/mol. The molecule has 0 atom stereocenters. The lowest BCUT2D eigenvalue weighted by atomic mass is 9.99. The summed E-state index contributed by atoms with van der Waals surface area (Å²) in [6, 6.07) is 29.6. The average Bonchev–Trinajstić information content (AvgIpc) is 3.32. The Hall–Kier alpha value is -3.61. The number of rotatable bonds is 6. The fourth-order valence-corrected chi connectivity index (χ4v) is 6.43. The molecule has 1 aromatic heterocycles. The van der Waals surface area contributed by atoms with Crippen LogP contribution in [0.5, 0.6) is 11.5 Å². The maximum absolute atomic E-state index is 13.0. The second-order valence-electron chi connectivity index (χ2n) is 7.71. The van der Waals surface area contributed by atoms with Crippen LogP contribution in [0.1, 0.15) is 0 Å². The summed E-state index contributed by atoms with van der Waals surface area (Å²) in [5.41, 5.74) is 2.55. The summed E-state index contributed by atoms with van der Waals surface area (Å²) in [6.07, 6.45) is 0. The number of methoxy groups -OCH3 is 2. The highest BCUT2D eigenvalue weighted by Gasteiger charge is 2.21. The second-order valence-corrected chi connectivity index (χ2v) is 10.7. The summed E-state index contributed by atoms with van der Waals surface area (Å²) in [6.45, 7) is 0. The number of thiophene rings is 1. The van der Waals surface area contributed by atoms with Crippen molar-refractivity contribution in [1.82, 2.24) is 0 Å². The maximum Gasteiger partial charge on any atom is 0.206 e. The molecule has 0 saturated heterocycles. The predicted octanol–water partition coefficient (Wildman–Crippen LogP) is 7.09. The van der Waals surface area contributed by atoms with E-state index < -0.39 is 9.84 Å². The molecule has 0 radical (unpaired) electrons. The van der Waals surface area contributed by atoms with Gasteiger partial charge in [0.2, 0.25) is 9.84 Å². The number of sulfone groups is 1. The molecule has 34 heavy (non-hydrogen) atoms. The first kappa shape index (κ1) is 22.2. The Labute approximate surface area is 203 Å². The number of benzene rings is 4. The van der Waals surface area contributed by atoms with Gasteiger partial charge in [0, 0.05) is 15.1 Å². The molecule has 6 heteroatoms. The first-order valence-corrected chi connectivity index (χ1v) is 13.0. The van der Waals surface area contributed by atoms with E-state index in [9.17, 15) is 8.42 Å². The van der Waals surface area contributed by atoms with Gasteiger partial charge < -0.3 is 9.47 Å². The van der Waals surface area contributed by atoms with Crippen LogP contribution in [0.15, 0.2) is 107 Å². The molecule has 0 bridgehead atoms. The van der Waals surface area contributed by atoms with Crippen molar-refractivity contribution in [1.29, 1.82) is 0 Å². The van der Waals surface area contributed by atoms with Crippen LogP contribution < -0.4 is 9.47 Å². The smallest absolute Gasteiger partial charge is 0.206 e. The molecular formula is C28H22O4S2. The topological polar surface area (TPSA) is 52.6 Å². The van der Waals surface area contributed by atoms with Gasteiger partial charge >= 0.3 is 0 Å². The highest BCUT2D eigenvalue weighted by Crippen LogP contribution is 2.47. The Bertz CT molecular complexity index is 1540. The van der Waals surface area contributed by atoms with Gasteiger partial charge in [-0.25, -0.2) is 8.42 Å². The standard InChI is InChI=1S/C28H22O4S2/c1-31-24-17-16-23(26-18-20-8-6-7-11-25(20)33-26)28(32-2)27(24)19-12-14-22(15-13-19)34(29,30)21-9-4-3-5-10-21/h3-18H,1-2H3. The third-order valence-corrected chi connectivity index (χ3v) is 8.68. The zero-order valence-corrected chi connectivity index (χ0v) is 20.3. The van der Waals surface area contributed by atoms with E-state index >= 15 is 0 Å². The van der Waals surface area contributed by atoms with Crippen LogP contribution in [0.25, 0.3) is 31.7 Å². The van der Waals surface area contributed by atoms with Gasteiger partial charge in [-0.1, -0.05) is 48.5 Å². The molecule has 5 rings (SSSR count). The van der Waals surface area contributed by atoms with E-state index in [1.807, 2.05) is 24.3 Å². The lowest BCUT2D eigenvalue weighted by molar-refractivity contribution is 0.398. The summed E-state index contributed by atoms with van der Waals surface area (Å²) in [5.74, 6) is 1.34. The largest absolute Gasteiger partial charge is 0.496 e. The molecule has 0 fully saturated rings. The van der Waals surface area contributed by atoms with Crippen LogP contribution in [0.4, 0.5) is 0 Å². The van der Waals surface area contributed by atoms with E-state index in [1.165, 1.54) is 10.1 Å². The highest BCUT2D eigenvalue weighted by atomic mass is 32.2. The van der Waals surface area contributed by atoms with Crippen LogP contribution in [-0.2, 0) is 9.84 Å². The van der Waals surface area contributed by atoms with Crippen molar-refractivity contribution in [2.45, 2.75) is 9.79 Å². The van der Waals surface area contributed by atoms with Crippen LogP contribution in [-0.4, -0.2) is 22.6 Å². The van der Waals surface area contributed by atoms with Gasteiger partial charge in [-0.05, 0) is 59.5 Å². The van der Waals surface area contributed by atoms with Crippen LogP contribution in [0.2, 0.25) is 0 Å². The summed E-state index contributed by atoms with van der Waals surface area (Å²) in [5, 5.41) is 1.18. The monoisotopic (exact) mass is 486 g/mol. The molecule has 0 aliphatic carbocycles. The summed E-state index contributed by atoms with van der Waals surface area (Å²) in [7, 11) is -0.337. The third kappa shape index (κ3) is 3.85. The van der Waals surface area contributed by atoms with E-state index in [1.54, 1.807) is 80.2 Å². The summed E-state index contributed by atoms with van der Waals surface area (Å²) < 4.78 is 38.8. The first-order valence-electron chi connectivity index (χ1n) is 10.7. The summed E-state index contributed by atoms with van der Waals surface area (Å²) >= 11 is 1.70. The van der Waals surface area contributed by atoms with Crippen LogP contribution in [0, 0.1) is 0 Å². The predicted molar refractivity (Wildman–Crippen MR) is 138 cm³/mol. The summed E-state index contributed by atoms with van der Waals surface area (Å²) in [4.78, 5) is 1.59.